The van der Waals surface area contributed by atoms with Crippen molar-refractivity contribution in [1.82, 2.24) is 9.66 Å². The Bertz CT molecular complexity index is 1230. The quantitative estimate of drug-likeness (QED) is 0.315. The minimum atomic E-state index is -0.642. The average Bonchev–Trinajstić information content (AvgIpc) is 3.17. The third kappa shape index (κ3) is 3.11. The fraction of sp³-hybridized carbons (Fsp3) is 0. The van der Waals surface area contributed by atoms with Crippen LogP contribution in [0.3, 0.4) is 0 Å². The van der Waals surface area contributed by atoms with Gasteiger partial charge in [0.05, 0.1) is 23.2 Å². The smallest absolute Gasteiger partial charge is 0.400 e. The second-order valence-electron chi connectivity index (χ2n) is 5.61. The Kier molecular flexibility index (Phi) is 4.06. The molecule has 27 heavy (non-hydrogen) atoms. The van der Waals surface area contributed by atoms with Gasteiger partial charge in [-0.05, 0) is 18.2 Å². The first-order chi connectivity index (χ1) is 13.1. The average molecular weight is 360 g/mol. The third-order valence-electron chi connectivity index (χ3n) is 3.88. The molecule has 8 nitrogen and oxygen atoms in total. The van der Waals surface area contributed by atoms with E-state index in [1.165, 1.54) is 18.3 Å². The Balaban J connectivity index is 1.89. The van der Waals surface area contributed by atoms with Crippen molar-refractivity contribution in [1.29, 1.82) is 0 Å². The molecule has 0 fully saturated rings. The van der Waals surface area contributed by atoms with Gasteiger partial charge in [-0.15, -0.1) is 0 Å². The van der Waals surface area contributed by atoms with Crippen molar-refractivity contribution in [2.75, 3.05) is 0 Å². The second-order valence-corrected chi connectivity index (χ2v) is 5.61. The molecule has 2 heterocycles. The number of fused-ring (bicyclic) bond motifs is 1. The van der Waals surface area contributed by atoms with Gasteiger partial charge in [-0.3, -0.25) is 14.9 Å². The predicted octanol–water partition coefficient (Wildman–Crippen LogP) is 3.45. The summed E-state index contributed by atoms with van der Waals surface area (Å²) in [7, 11) is 0. The molecule has 2 aromatic heterocycles. The van der Waals surface area contributed by atoms with Gasteiger partial charge in [-0.25, -0.2) is 4.98 Å². The van der Waals surface area contributed by atoms with Crippen LogP contribution in [0.2, 0.25) is 0 Å². The molecule has 8 heteroatoms. The van der Waals surface area contributed by atoms with Crippen molar-refractivity contribution in [2.24, 2.45) is 5.10 Å². The van der Waals surface area contributed by atoms with Crippen LogP contribution in [0.25, 0.3) is 22.3 Å². The molecule has 132 valence electrons. The summed E-state index contributed by atoms with van der Waals surface area (Å²) in [6.07, 6.45) is 1.25. The molecule has 0 saturated heterocycles. The second kappa shape index (κ2) is 6.68. The molecule has 0 bridgehead atoms. The summed E-state index contributed by atoms with van der Waals surface area (Å²) < 4.78 is 6.21. The van der Waals surface area contributed by atoms with E-state index < -0.39 is 10.8 Å². The summed E-state index contributed by atoms with van der Waals surface area (Å²) in [6.45, 7) is 0. The van der Waals surface area contributed by atoms with Gasteiger partial charge in [0.25, 0.3) is 5.56 Å². The predicted molar refractivity (Wildman–Crippen MR) is 99.8 cm³/mol. The van der Waals surface area contributed by atoms with Crippen LogP contribution in [0.15, 0.2) is 81.0 Å². The van der Waals surface area contributed by atoms with E-state index in [0.29, 0.717) is 22.3 Å². The lowest BCUT2D eigenvalue weighted by molar-refractivity contribution is -0.402. The third-order valence-corrected chi connectivity index (χ3v) is 3.88. The molecule has 4 aromatic rings. The van der Waals surface area contributed by atoms with E-state index in [9.17, 15) is 14.9 Å². The molecule has 2 aromatic carbocycles. The SMILES string of the molecule is O=c1c2ccccc2nc(-c2ccccc2)n1/N=C/c1ccc([N+](=O)[O-])o1. The molecule has 0 aliphatic rings. The van der Waals surface area contributed by atoms with E-state index in [4.69, 9.17) is 4.42 Å². The van der Waals surface area contributed by atoms with Crippen LogP contribution >= 0.6 is 0 Å². The topological polar surface area (TPSA) is 104 Å². The zero-order chi connectivity index (χ0) is 18.8. The van der Waals surface area contributed by atoms with Crippen LogP contribution in [0, 0.1) is 10.1 Å². The van der Waals surface area contributed by atoms with Crippen LogP contribution in [-0.2, 0) is 0 Å². The van der Waals surface area contributed by atoms with E-state index >= 15 is 0 Å². The number of para-hydroxylation sites is 1. The maximum atomic E-state index is 12.9. The summed E-state index contributed by atoms with van der Waals surface area (Å²) in [4.78, 5) is 27.6. The molecule has 0 N–H and O–H groups in total. The number of nitro groups is 1. The van der Waals surface area contributed by atoms with Gasteiger partial charge < -0.3 is 4.42 Å². The van der Waals surface area contributed by atoms with Crippen LogP contribution in [0.4, 0.5) is 5.88 Å². The normalized spacial score (nSPS) is 11.3. The monoisotopic (exact) mass is 360 g/mol. The van der Waals surface area contributed by atoms with Gasteiger partial charge in [0.1, 0.15) is 4.92 Å². The molecule has 0 radical (unpaired) electrons. The van der Waals surface area contributed by atoms with Crippen molar-refractivity contribution >= 4 is 23.0 Å². The Labute approximate surface area is 152 Å². The highest BCUT2D eigenvalue weighted by atomic mass is 16.6. The van der Waals surface area contributed by atoms with E-state index in [1.54, 1.807) is 24.3 Å². The van der Waals surface area contributed by atoms with Gasteiger partial charge in [0.15, 0.2) is 11.6 Å². The van der Waals surface area contributed by atoms with Crippen LogP contribution in [0.5, 0.6) is 0 Å². The highest BCUT2D eigenvalue weighted by molar-refractivity contribution is 5.80. The van der Waals surface area contributed by atoms with E-state index in [2.05, 4.69) is 10.1 Å². The first-order valence-corrected chi connectivity index (χ1v) is 7.99. The molecule has 0 aliphatic heterocycles. The lowest BCUT2D eigenvalue weighted by atomic mass is 10.2. The van der Waals surface area contributed by atoms with Gasteiger partial charge in [-0.2, -0.15) is 9.78 Å². The van der Waals surface area contributed by atoms with Crippen molar-refractivity contribution < 1.29 is 9.34 Å². The molecule has 0 amide bonds. The van der Waals surface area contributed by atoms with Gasteiger partial charge in [-0.1, -0.05) is 42.5 Å². The van der Waals surface area contributed by atoms with E-state index in [-0.39, 0.29) is 11.3 Å². The van der Waals surface area contributed by atoms with Crippen molar-refractivity contribution in [3.05, 3.63) is 93.0 Å². The molecule has 0 saturated carbocycles. The van der Waals surface area contributed by atoms with Crippen molar-refractivity contribution in [3.8, 4) is 11.4 Å². The Morgan fingerprint density at radius 2 is 1.78 bits per heavy atom. The number of furan rings is 1. The molecular formula is C19H12N4O4. The highest BCUT2D eigenvalue weighted by Crippen LogP contribution is 2.19. The molecule has 0 aliphatic carbocycles. The molecule has 0 spiro atoms. The first kappa shape index (κ1) is 16.4. The lowest BCUT2D eigenvalue weighted by Crippen LogP contribution is -2.20. The van der Waals surface area contributed by atoms with E-state index in [0.717, 1.165) is 4.68 Å². The number of benzene rings is 2. The van der Waals surface area contributed by atoms with Crippen molar-refractivity contribution in [3.63, 3.8) is 0 Å². The lowest BCUT2D eigenvalue weighted by Gasteiger charge is -2.09. The Morgan fingerprint density at radius 3 is 2.52 bits per heavy atom. The van der Waals surface area contributed by atoms with Gasteiger partial charge in [0, 0.05) is 5.56 Å². The summed E-state index contributed by atoms with van der Waals surface area (Å²) >= 11 is 0. The highest BCUT2D eigenvalue weighted by Gasteiger charge is 2.13. The summed E-state index contributed by atoms with van der Waals surface area (Å²) in [5, 5.41) is 15.3. The fourth-order valence-corrected chi connectivity index (χ4v) is 2.63. The molecule has 0 unspecified atom stereocenters. The van der Waals surface area contributed by atoms with Gasteiger partial charge in [0.2, 0.25) is 0 Å². The van der Waals surface area contributed by atoms with Crippen molar-refractivity contribution in [2.45, 2.75) is 0 Å². The molecule has 0 atom stereocenters. The number of hydrogen-bond acceptors (Lipinski definition) is 6. The first-order valence-electron chi connectivity index (χ1n) is 7.99. The molecular weight excluding hydrogens is 348 g/mol. The summed E-state index contributed by atoms with van der Waals surface area (Å²) in [5.74, 6) is 0.112. The zero-order valence-corrected chi connectivity index (χ0v) is 13.9. The number of hydrogen-bond donors (Lipinski definition) is 0. The largest absolute Gasteiger partial charge is 0.433 e. The zero-order valence-electron chi connectivity index (χ0n) is 13.9. The summed E-state index contributed by atoms with van der Waals surface area (Å²) in [5.41, 5.74) is 0.918. The molecule has 4 rings (SSSR count). The number of rotatable bonds is 4. The Hall–Kier alpha value is -4.07. The standard InChI is InChI=1S/C19H12N4O4/c24-19-15-8-4-5-9-16(15)21-18(13-6-2-1-3-7-13)22(19)20-12-14-10-11-17(27-14)23(25)26/h1-12H/b20-12+. The maximum absolute atomic E-state index is 12.9. The minimum absolute atomic E-state index is 0.153. The van der Waals surface area contributed by atoms with E-state index in [1.807, 2.05) is 30.3 Å². The van der Waals surface area contributed by atoms with Crippen LogP contribution < -0.4 is 5.56 Å². The number of aromatic nitrogens is 2. The van der Waals surface area contributed by atoms with Crippen LogP contribution in [-0.4, -0.2) is 20.8 Å². The fourth-order valence-electron chi connectivity index (χ4n) is 2.63. The maximum Gasteiger partial charge on any atom is 0.433 e. The Morgan fingerprint density at radius 1 is 1.04 bits per heavy atom. The van der Waals surface area contributed by atoms with Gasteiger partial charge >= 0.3 is 5.88 Å². The minimum Gasteiger partial charge on any atom is -0.400 e. The summed E-state index contributed by atoms with van der Waals surface area (Å²) in [6, 6.07) is 18.8. The number of nitrogens with zero attached hydrogens (tertiary/aromatic N) is 4. The van der Waals surface area contributed by atoms with Crippen LogP contribution in [0.1, 0.15) is 5.76 Å².